The third kappa shape index (κ3) is 2.20. The molecule has 21 heavy (non-hydrogen) atoms. The molecule has 10 heteroatoms. The van der Waals surface area contributed by atoms with E-state index in [2.05, 4.69) is 4.62 Å². The lowest BCUT2D eigenvalue weighted by atomic mass is 9.91. The van der Waals surface area contributed by atoms with E-state index in [1.54, 1.807) is 24.3 Å². The smallest absolute Gasteiger partial charge is 0.479 e. The number of aliphatic carboxylic acids is 1. The lowest BCUT2D eigenvalue weighted by molar-refractivity contribution is -0.142. The molecule has 2 atom stereocenters. The number of hydroxylamine groups is 2. The number of benzene rings is 1. The van der Waals surface area contributed by atoms with Crippen molar-refractivity contribution in [2.24, 2.45) is 0 Å². The van der Waals surface area contributed by atoms with Crippen LogP contribution in [0.5, 0.6) is 0 Å². The van der Waals surface area contributed by atoms with Gasteiger partial charge in [0, 0.05) is 0 Å². The first kappa shape index (κ1) is 14.0. The monoisotopic (exact) mass is 314 g/mol. The predicted molar refractivity (Wildman–Crippen MR) is 66.6 cm³/mol. The number of rotatable bonds is 3. The first-order valence-electron chi connectivity index (χ1n) is 5.96. The van der Waals surface area contributed by atoms with E-state index in [1.807, 2.05) is 0 Å². The second kappa shape index (κ2) is 4.54. The molecule has 0 unspecified atom stereocenters. The zero-order valence-electron chi connectivity index (χ0n) is 10.5. The molecule has 2 aliphatic rings. The fraction of sp³-hybridized carbons (Fsp3) is 0.273. The second-order valence-corrected chi connectivity index (χ2v) is 5.86. The summed E-state index contributed by atoms with van der Waals surface area (Å²) in [5.41, 5.74) is 0.909. The minimum atomic E-state index is -4.93. The highest BCUT2D eigenvalue weighted by atomic mass is 31.2. The molecular weight excluding hydrogens is 303 g/mol. The highest BCUT2D eigenvalue weighted by Gasteiger charge is 2.52. The highest BCUT2D eigenvalue weighted by molar-refractivity contribution is 7.46. The maximum absolute atomic E-state index is 12.2. The minimum Gasteiger partial charge on any atom is -0.479 e. The molecule has 1 aromatic carbocycles. The number of carbonyl (C=O) groups is 2. The molecule has 2 aliphatic heterocycles. The number of urea groups is 1. The quantitative estimate of drug-likeness (QED) is 0.698. The van der Waals surface area contributed by atoms with Gasteiger partial charge in [-0.25, -0.2) is 14.2 Å². The summed E-state index contributed by atoms with van der Waals surface area (Å²) in [6.07, 6.45) is 0. The van der Waals surface area contributed by atoms with Crippen LogP contribution in [0.4, 0.5) is 4.79 Å². The van der Waals surface area contributed by atoms with Crippen molar-refractivity contribution in [3.63, 3.8) is 0 Å². The van der Waals surface area contributed by atoms with Gasteiger partial charge in [0.05, 0.1) is 6.54 Å². The number of carboxylic acid groups (broad SMARTS) is 1. The SMILES string of the molecule is O=C(O)[C@H]1c2ccccc2[C@@H]2CN1C(=O)N2OP(=O)(O)O. The normalized spacial score (nSPS) is 24.2. The van der Waals surface area contributed by atoms with Crippen molar-refractivity contribution in [2.75, 3.05) is 6.54 Å². The van der Waals surface area contributed by atoms with E-state index in [4.69, 9.17) is 9.79 Å². The van der Waals surface area contributed by atoms with E-state index >= 15 is 0 Å². The zero-order valence-corrected chi connectivity index (χ0v) is 11.4. The minimum absolute atomic E-state index is 0.00713. The van der Waals surface area contributed by atoms with Crippen LogP contribution in [-0.2, 0) is 14.0 Å². The standard InChI is InChI=1S/C11H11N2O7P/c14-10(15)9-7-4-2-1-3-6(7)8-5-12(9)11(16)13(8)20-21(17,18)19/h1-4,8-9H,5H2,(H,14,15)(H2,17,18,19)/t8-,9+/m0/s1. The van der Waals surface area contributed by atoms with Gasteiger partial charge in [-0.2, -0.15) is 9.69 Å². The molecule has 9 nitrogen and oxygen atoms in total. The number of nitrogens with zero attached hydrogens (tertiary/aromatic N) is 2. The Balaban J connectivity index is 2.09. The molecule has 0 spiro atoms. The Hall–Kier alpha value is -1.93. The molecule has 1 saturated heterocycles. The van der Waals surface area contributed by atoms with Crippen LogP contribution in [0.25, 0.3) is 0 Å². The fourth-order valence-corrected chi connectivity index (χ4v) is 3.16. The first-order chi connectivity index (χ1) is 9.79. The van der Waals surface area contributed by atoms with Crippen molar-refractivity contribution in [3.8, 4) is 0 Å². The van der Waals surface area contributed by atoms with Crippen LogP contribution in [0.3, 0.4) is 0 Å². The van der Waals surface area contributed by atoms with Crippen molar-refractivity contribution in [1.29, 1.82) is 0 Å². The topological polar surface area (TPSA) is 128 Å². The maximum atomic E-state index is 12.2. The Bertz CT molecular complexity index is 672. The van der Waals surface area contributed by atoms with Gasteiger partial charge in [-0.05, 0) is 11.1 Å². The first-order valence-corrected chi connectivity index (χ1v) is 7.49. The molecule has 3 rings (SSSR count). The van der Waals surface area contributed by atoms with E-state index in [0.717, 1.165) is 4.90 Å². The number of amides is 2. The van der Waals surface area contributed by atoms with E-state index in [-0.39, 0.29) is 6.54 Å². The Kier molecular flexibility index (Phi) is 3.03. The van der Waals surface area contributed by atoms with Gasteiger partial charge >= 0.3 is 19.8 Å². The molecule has 0 radical (unpaired) electrons. The fourth-order valence-electron chi connectivity index (χ4n) is 2.74. The third-order valence-electron chi connectivity index (χ3n) is 3.48. The molecule has 3 N–H and O–H groups in total. The van der Waals surface area contributed by atoms with Crippen LogP contribution in [-0.4, -0.2) is 43.4 Å². The van der Waals surface area contributed by atoms with Gasteiger partial charge in [0.25, 0.3) is 0 Å². The van der Waals surface area contributed by atoms with Crippen LogP contribution in [0, 0.1) is 0 Å². The van der Waals surface area contributed by atoms with Crippen molar-refractivity contribution in [1.82, 2.24) is 9.96 Å². The van der Waals surface area contributed by atoms with Crippen molar-refractivity contribution in [3.05, 3.63) is 35.4 Å². The molecule has 0 saturated carbocycles. The summed E-state index contributed by atoms with van der Waals surface area (Å²) in [5.74, 6) is -1.22. The molecule has 1 aromatic rings. The summed E-state index contributed by atoms with van der Waals surface area (Å²) in [7, 11) is -4.93. The molecule has 1 fully saturated rings. The molecule has 0 aliphatic carbocycles. The lowest BCUT2D eigenvalue weighted by Gasteiger charge is -2.29. The zero-order chi connectivity index (χ0) is 15.4. The summed E-state index contributed by atoms with van der Waals surface area (Å²) in [6.45, 7) is -0.00713. The predicted octanol–water partition coefficient (Wildman–Crippen LogP) is 0.629. The molecular formula is C11H11N2O7P. The maximum Gasteiger partial charge on any atom is 0.491 e. The van der Waals surface area contributed by atoms with Crippen LogP contribution in [0.15, 0.2) is 24.3 Å². The van der Waals surface area contributed by atoms with Gasteiger partial charge in [0.1, 0.15) is 6.04 Å². The van der Waals surface area contributed by atoms with Crippen molar-refractivity contribution >= 4 is 19.8 Å². The molecule has 2 amide bonds. The van der Waals surface area contributed by atoms with E-state index in [9.17, 15) is 19.3 Å². The van der Waals surface area contributed by atoms with Crippen LogP contribution in [0.2, 0.25) is 0 Å². The van der Waals surface area contributed by atoms with E-state index < -0.39 is 31.9 Å². The average Bonchev–Trinajstić information content (AvgIpc) is 2.64. The van der Waals surface area contributed by atoms with Gasteiger partial charge in [-0.15, -0.1) is 0 Å². The molecule has 2 bridgehead atoms. The number of hydrogen-bond donors (Lipinski definition) is 3. The summed E-state index contributed by atoms with van der Waals surface area (Å²) in [6, 6.07) is 3.65. The molecule has 2 heterocycles. The molecule has 0 aromatic heterocycles. The van der Waals surface area contributed by atoms with Crippen molar-refractivity contribution < 1.29 is 33.7 Å². The summed E-state index contributed by atoms with van der Waals surface area (Å²) in [4.78, 5) is 42.4. The lowest BCUT2D eigenvalue weighted by Crippen LogP contribution is -2.38. The van der Waals surface area contributed by atoms with Gasteiger partial charge in [0.15, 0.2) is 6.04 Å². The van der Waals surface area contributed by atoms with Gasteiger partial charge in [-0.1, -0.05) is 24.3 Å². The largest absolute Gasteiger partial charge is 0.491 e. The number of carbonyl (C=O) groups excluding carboxylic acids is 1. The van der Waals surface area contributed by atoms with E-state index in [0.29, 0.717) is 16.2 Å². The summed E-state index contributed by atoms with van der Waals surface area (Å²) >= 11 is 0. The molecule has 112 valence electrons. The number of carboxylic acids is 1. The second-order valence-electron chi connectivity index (χ2n) is 4.72. The van der Waals surface area contributed by atoms with Gasteiger partial charge in [-0.3, -0.25) is 0 Å². The Morgan fingerprint density at radius 2 is 1.90 bits per heavy atom. The highest BCUT2D eigenvalue weighted by Crippen LogP contribution is 2.48. The van der Waals surface area contributed by atoms with Gasteiger partial charge in [0.2, 0.25) is 0 Å². The summed E-state index contributed by atoms with van der Waals surface area (Å²) in [5, 5.41) is 9.89. The van der Waals surface area contributed by atoms with Crippen LogP contribution >= 0.6 is 7.82 Å². The van der Waals surface area contributed by atoms with Crippen molar-refractivity contribution in [2.45, 2.75) is 12.1 Å². The summed E-state index contributed by atoms with van der Waals surface area (Å²) < 4.78 is 15.4. The van der Waals surface area contributed by atoms with Gasteiger partial charge < -0.3 is 19.8 Å². The number of fused-ring (bicyclic) bond motifs is 4. The number of hydrogen-bond acceptors (Lipinski definition) is 4. The van der Waals surface area contributed by atoms with Crippen LogP contribution in [0.1, 0.15) is 23.2 Å². The van der Waals surface area contributed by atoms with E-state index in [1.165, 1.54) is 0 Å². The Morgan fingerprint density at radius 1 is 1.29 bits per heavy atom. The third-order valence-corrected chi connectivity index (χ3v) is 3.87. The number of phosphoric acid groups is 1. The Morgan fingerprint density at radius 3 is 2.48 bits per heavy atom. The van der Waals surface area contributed by atoms with Crippen LogP contribution < -0.4 is 0 Å². The average molecular weight is 314 g/mol. The Labute approximate surface area is 118 Å².